The number of hydrogen-bond acceptors (Lipinski definition) is 5. The molecule has 4 rings (SSSR count). The number of nitrogens with zero attached hydrogens (tertiary/aromatic N) is 2. The lowest BCUT2D eigenvalue weighted by atomic mass is 9.89. The van der Waals surface area contributed by atoms with E-state index in [0.29, 0.717) is 31.3 Å². The van der Waals surface area contributed by atoms with Crippen LogP contribution < -0.4 is 10.6 Å². The summed E-state index contributed by atoms with van der Waals surface area (Å²) in [6.45, 7) is 6.55. The molecular weight excluding hydrogens is 495 g/mol. The van der Waals surface area contributed by atoms with Crippen LogP contribution in [0.3, 0.4) is 0 Å². The fraction of sp³-hybridized carbons (Fsp3) is 0.226. The fourth-order valence-corrected chi connectivity index (χ4v) is 4.53. The van der Waals surface area contributed by atoms with Crippen LogP contribution in [0.5, 0.6) is 0 Å². The number of imide groups is 1. The molecule has 0 saturated carbocycles. The molecule has 0 unspecified atom stereocenters. The second-order valence-electron chi connectivity index (χ2n) is 9.17. The van der Waals surface area contributed by atoms with E-state index in [4.69, 9.17) is 0 Å². The van der Waals surface area contributed by atoms with Crippen LogP contribution in [0.15, 0.2) is 79.0 Å². The van der Waals surface area contributed by atoms with Gasteiger partial charge in [-0.25, -0.2) is 9.18 Å². The van der Waals surface area contributed by atoms with Crippen molar-refractivity contribution in [3.05, 3.63) is 102 Å². The lowest BCUT2D eigenvalue weighted by Crippen LogP contribution is -2.53. The summed E-state index contributed by atoms with van der Waals surface area (Å²) in [6.07, 6.45) is 2.72. The van der Waals surface area contributed by atoms with Gasteiger partial charge in [-0.3, -0.25) is 24.8 Å². The normalized spacial score (nSPS) is 12.2. The van der Waals surface area contributed by atoms with Gasteiger partial charge in [-0.15, -0.1) is 0 Å². The molecule has 4 aromatic rings. The van der Waals surface area contributed by atoms with E-state index in [-0.39, 0.29) is 5.56 Å². The van der Waals surface area contributed by atoms with Crippen LogP contribution in [0.25, 0.3) is 22.0 Å². The predicted molar refractivity (Wildman–Crippen MR) is 152 cm³/mol. The second-order valence-corrected chi connectivity index (χ2v) is 9.17. The van der Waals surface area contributed by atoms with Gasteiger partial charge < -0.3 is 5.32 Å². The number of rotatable bonds is 9. The number of aldehydes is 1. The molecule has 3 amide bonds. The molecule has 8 heteroatoms. The molecule has 1 aromatic heterocycles. The van der Waals surface area contributed by atoms with Crippen LogP contribution in [0.1, 0.15) is 42.3 Å². The Labute approximate surface area is 228 Å². The van der Waals surface area contributed by atoms with Gasteiger partial charge in [-0.2, -0.15) is 0 Å². The molecule has 0 spiro atoms. The number of likely N-dealkylation sites (N-methyl/N-ethyl adjacent to an activating group) is 1. The van der Waals surface area contributed by atoms with Gasteiger partial charge in [0.25, 0.3) is 0 Å². The number of carbonyl (C=O) groups is 3. The first-order valence-corrected chi connectivity index (χ1v) is 12.7. The molecule has 0 saturated heterocycles. The van der Waals surface area contributed by atoms with E-state index in [1.807, 2.05) is 81.2 Å². The first-order chi connectivity index (χ1) is 18.8. The van der Waals surface area contributed by atoms with E-state index >= 15 is 0 Å². The molecule has 39 heavy (non-hydrogen) atoms. The van der Waals surface area contributed by atoms with Gasteiger partial charge in [-0.05, 0) is 66.6 Å². The minimum Gasteiger partial charge on any atom is -0.327 e. The number of hydrogen-bond donors (Lipinski definition) is 2. The van der Waals surface area contributed by atoms with Gasteiger partial charge in [0.2, 0.25) is 6.41 Å². The zero-order valence-electron chi connectivity index (χ0n) is 22.6. The first-order valence-electron chi connectivity index (χ1n) is 12.7. The van der Waals surface area contributed by atoms with Crippen LogP contribution >= 0.6 is 0 Å². The van der Waals surface area contributed by atoms with E-state index in [9.17, 15) is 18.8 Å². The van der Waals surface area contributed by atoms with Crippen molar-refractivity contribution in [1.82, 2.24) is 20.5 Å². The number of nitrogens with one attached hydrogen (secondary N) is 2. The lowest BCUT2D eigenvalue weighted by Gasteiger charge is -2.35. The Morgan fingerprint density at radius 1 is 1.00 bits per heavy atom. The summed E-state index contributed by atoms with van der Waals surface area (Å²) in [6, 6.07) is 21.3. The standard InChI is InChI=1S/C29H27FN4O3.C2H6/c1-29(33-28(37)32-19-36,18-34(2)16-23-7-11-26(30)15-24(23)17-35)25-9-5-20(6-10-25)21-8-12-27-22(14-21)4-3-13-31-27;1-2/h3-15,17,19H,16,18H2,1-2H3,(H2,32,33,36,37);1-2H3/t29-;/m1./s1. The third-order valence-electron chi connectivity index (χ3n) is 6.30. The molecule has 0 aliphatic rings. The minimum atomic E-state index is -0.894. The van der Waals surface area contributed by atoms with Crippen molar-refractivity contribution in [1.29, 1.82) is 0 Å². The average Bonchev–Trinajstić information content (AvgIpc) is 2.95. The van der Waals surface area contributed by atoms with Crippen molar-refractivity contribution in [2.24, 2.45) is 0 Å². The quantitative estimate of drug-likeness (QED) is 0.273. The Bertz CT molecular complexity index is 1440. The topological polar surface area (TPSA) is 91.4 Å². The van der Waals surface area contributed by atoms with E-state index < -0.39 is 17.4 Å². The Hall–Kier alpha value is -4.43. The molecule has 7 nitrogen and oxygen atoms in total. The molecule has 2 N–H and O–H groups in total. The van der Waals surface area contributed by atoms with Gasteiger partial charge in [0, 0.05) is 30.2 Å². The smallest absolute Gasteiger partial charge is 0.321 e. The van der Waals surface area contributed by atoms with Gasteiger partial charge in [0.1, 0.15) is 12.1 Å². The number of urea groups is 1. The Morgan fingerprint density at radius 3 is 2.41 bits per heavy atom. The average molecular weight is 529 g/mol. The zero-order chi connectivity index (χ0) is 28.4. The molecule has 1 heterocycles. The monoisotopic (exact) mass is 528 g/mol. The van der Waals surface area contributed by atoms with Gasteiger partial charge in [0.15, 0.2) is 0 Å². The SMILES string of the molecule is CC.CN(Cc1ccc(F)cc1C=O)C[C@@](C)(NC(=O)NC=O)c1ccc(-c2ccc3ncccc3c2)cc1. The van der Waals surface area contributed by atoms with Crippen molar-refractivity contribution in [2.45, 2.75) is 32.9 Å². The van der Waals surface area contributed by atoms with Crippen LogP contribution in [-0.2, 0) is 16.9 Å². The Morgan fingerprint density at radius 2 is 1.72 bits per heavy atom. The number of halogens is 1. The van der Waals surface area contributed by atoms with Crippen molar-refractivity contribution >= 4 is 29.6 Å². The highest BCUT2D eigenvalue weighted by atomic mass is 19.1. The third kappa shape index (κ3) is 7.33. The summed E-state index contributed by atoms with van der Waals surface area (Å²) in [5, 5.41) is 6.06. The molecule has 3 aromatic carbocycles. The molecule has 0 radical (unpaired) electrons. The first kappa shape index (κ1) is 29.1. The summed E-state index contributed by atoms with van der Waals surface area (Å²) in [7, 11) is 1.84. The fourth-order valence-electron chi connectivity index (χ4n) is 4.53. The molecule has 202 valence electrons. The minimum absolute atomic E-state index is 0.273. The molecule has 1 atom stereocenters. The van der Waals surface area contributed by atoms with Crippen molar-refractivity contribution in [3.8, 4) is 11.1 Å². The van der Waals surface area contributed by atoms with Crippen LogP contribution in [0.4, 0.5) is 9.18 Å². The van der Waals surface area contributed by atoms with E-state index in [1.165, 1.54) is 12.1 Å². The number of pyridine rings is 1. The van der Waals surface area contributed by atoms with E-state index in [2.05, 4.69) is 21.7 Å². The third-order valence-corrected chi connectivity index (χ3v) is 6.30. The molecule has 0 aliphatic heterocycles. The van der Waals surface area contributed by atoms with Gasteiger partial charge >= 0.3 is 6.03 Å². The number of aromatic nitrogens is 1. The van der Waals surface area contributed by atoms with E-state index in [1.54, 1.807) is 12.3 Å². The summed E-state index contributed by atoms with van der Waals surface area (Å²) >= 11 is 0. The molecule has 0 fully saturated rings. The summed E-state index contributed by atoms with van der Waals surface area (Å²) in [4.78, 5) is 40.9. The van der Waals surface area contributed by atoms with Crippen LogP contribution in [0, 0.1) is 5.82 Å². The molecule has 0 bridgehead atoms. The lowest BCUT2D eigenvalue weighted by molar-refractivity contribution is -0.108. The van der Waals surface area contributed by atoms with Crippen LogP contribution in [-0.4, -0.2) is 42.2 Å². The van der Waals surface area contributed by atoms with Crippen molar-refractivity contribution < 1.29 is 18.8 Å². The Kier molecular flexibility index (Phi) is 10.0. The van der Waals surface area contributed by atoms with Crippen molar-refractivity contribution in [3.63, 3.8) is 0 Å². The Balaban J connectivity index is 0.00000205. The largest absolute Gasteiger partial charge is 0.327 e. The molecule has 0 aliphatic carbocycles. The van der Waals surface area contributed by atoms with Crippen molar-refractivity contribution in [2.75, 3.05) is 13.6 Å². The second kappa shape index (κ2) is 13.4. The number of fused-ring (bicyclic) bond motifs is 1. The highest BCUT2D eigenvalue weighted by Gasteiger charge is 2.30. The summed E-state index contributed by atoms with van der Waals surface area (Å²) in [5.41, 5.74) is 3.83. The maximum atomic E-state index is 13.6. The summed E-state index contributed by atoms with van der Waals surface area (Å²) in [5.74, 6) is -0.478. The van der Waals surface area contributed by atoms with Gasteiger partial charge in [0.05, 0.1) is 11.1 Å². The number of carbonyl (C=O) groups excluding carboxylic acids is 3. The highest BCUT2D eigenvalue weighted by molar-refractivity contribution is 5.85. The highest BCUT2D eigenvalue weighted by Crippen LogP contribution is 2.28. The van der Waals surface area contributed by atoms with Crippen LogP contribution in [0.2, 0.25) is 0 Å². The number of benzene rings is 3. The van der Waals surface area contributed by atoms with E-state index in [0.717, 1.165) is 27.6 Å². The zero-order valence-corrected chi connectivity index (χ0v) is 22.6. The summed E-state index contributed by atoms with van der Waals surface area (Å²) < 4.78 is 13.6. The predicted octanol–water partition coefficient (Wildman–Crippen LogP) is 5.68. The number of amides is 3. The molecular formula is C31H33FN4O3. The maximum absolute atomic E-state index is 13.6. The maximum Gasteiger partial charge on any atom is 0.321 e. The van der Waals surface area contributed by atoms with Gasteiger partial charge in [-0.1, -0.05) is 56.3 Å².